The molecule has 9 nitrogen and oxygen atoms in total. The van der Waals surface area contributed by atoms with Gasteiger partial charge in [-0.1, -0.05) is 30.3 Å². The molecular formula is C33H31N7O2S2. The van der Waals surface area contributed by atoms with Crippen LogP contribution in [0.25, 0.3) is 16.0 Å². The molecule has 222 valence electrons. The second-order valence-electron chi connectivity index (χ2n) is 11.1. The molecule has 2 aromatic carbocycles. The number of rotatable bonds is 8. The Morgan fingerprint density at radius 2 is 1.59 bits per heavy atom. The van der Waals surface area contributed by atoms with E-state index in [-0.39, 0.29) is 18.1 Å². The highest BCUT2D eigenvalue weighted by molar-refractivity contribution is 7.14. The van der Waals surface area contributed by atoms with Crippen LogP contribution >= 0.6 is 22.7 Å². The lowest BCUT2D eigenvalue weighted by Gasteiger charge is -2.22. The van der Waals surface area contributed by atoms with Gasteiger partial charge in [-0.25, -0.2) is 21.4 Å². The highest BCUT2D eigenvalue weighted by Crippen LogP contribution is 2.34. The minimum absolute atomic E-state index is 0.00225. The van der Waals surface area contributed by atoms with Gasteiger partial charge in [0.1, 0.15) is 0 Å². The fraction of sp³-hybridized carbons (Fsp3) is 0.333. The first-order valence-corrected chi connectivity index (χ1v) is 16.1. The third-order valence-electron chi connectivity index (χ3n) is 8.29. The molecule has 0 fully saturated rings. The number of aromatic nitrogens is 2. The number of hydrogen-bond donors (Lipinski definition) is 1. The fourth-order valence-corrected chi connectivity index (χ4v) is 7.96. The molecule has 0 aliphatic carbocycles. The zero-order valence-electron chi connectivity index (χ0n) is 24.6. The molecule has 4 heterocycles. The molecule has 0 atom stereocenters. The standard InChI is InChI=1S/C33H31N7O2S2/c1-20-22(16-28(41)32-37-26-10-13-39(15-12-34)17-29(26)43-32)6-4-7-23(20)24-8-5-9-25(21(24)2)36-31(42)33-38-27-11-14-40(19-35-3)18-30(27)44-33/h4-9H,10-11,13-19H2,1-2H3,(H,36,42). The van der Waals surface area contributed by atoms with Crippen LogP contribution in [0.3, 0.4) is 0 Å². The molecule has 6 rings (SSSR count). The molecule has 2 aliphatic rings. The Balaban J connectivity index is 1.18. The highest BCUT2D eigenvalue weighted by atomic mass is 32.1. The number of nitrogens with zero attached hydrogens (tertiary/aromatic N) is 6. The van der Waals surface area contributed by atoms with E-state index in [9.17, 15) is 9.59 Å². The number of carbonyl (C=O) groups is 2. The summed E-state index contributed by atoms with van der Waals surface area (Å²) in [7, 11) is 0. The molecule has 0 radical (unpaired) electrons. The molecule has 0 bridgehead atoms. The summed E-state index contributed by atoms with van der Waals surface area (Å²) in [4.78, 5) is 45.7. The van der Waals surface area contributed by atoms with E-state index in [1.165, 1.54) is 22.7 Å². The monoisotopic (exact) mass is 621 g/mol. The Morgan fingerprint density at radius 3 is 2.32 bits per heavy atom. The first-order chi connectivity index (χ1) is 21.3. The average Bonchev–Trinajstić information content (AvgIpc) is 3.64. The van der Waals surface area contributed by atoms with Gasteiger partial charge in [0.05, 0.1) is 24.0 Å². The second-order valence-corrected chi connectivity index (χ2v) is 13.3. The number of Topliss-reactive ketones (excluding diaryl/α,β-unsaturated/α-hetero) is 1. The number of ketones is 1. The third kappa shape index (κ3) is 6.05. The summed E-state index contributed by atoms with van der Waals surface area (Å²) >= 11 is 2.85. The van der Waals surface area contributed by atoms with Crippen LogP contribution < -0.4 is 5.32 Å². The van der Waals surface area contributed by atoms with Gasteiger partial charge >= 0.3 is 0 Å². The number of nitriles is 1. The van der Waals surface area contributed by atoms with E-state index in [0.29, 0.717) is 36.3 Å². The fourth-order valence-electron chi connectivity index (χ4n) is 5.82. The lowest BCUT2D eigenvalue weighted by atomic mass is 9.91. The van der Waals surface area contributed by atoms with Crippen molar-refractivity contribution >= 4 is 40.1 Å². The van der Waals surface area contributed by atoms with Crippen LogP contribution in [0.4, 0.5) is 5.69 Å². The molecular weight excluding hydrogens is 591 g/mol. The van der Waals surface area contributed by atoms with E-state index in [4.69, 9.17) is 11.8 Å². The zero-order valence-corrected chi connectivity index (χ0v) is 26.3. The number of hydrogen-bond acceptors (Lipinski definition) is 9. The number of carbonyl (C=O) groups excluding carboxylic acids is 2. The van der Waals surface area contributed by atoms with Crippen molar-refractivity contribution in [2.24, 2.45) is 0 Å². The van der Waals surface area contributed by atoms with Gasteiger partial charge in [0.15, 0.2) is 15.8 Å². The lowest BCUT2D eigenvalue weighted by molar-refractivity contribution is 0.0990. The number of anilines is 1. The Morgan fingerprint density at radius 1 is 0.955 bits per heavy atom. The maximum Gasteiger partial charge on any atom is 0.284 e. The Hall–Kier alpha value is -4.26. The molecule has 11 heteroatoms. The van der Waals surface area contributed by atoms with E-state index >= 15 is 0 Å². The summed E-state index contributed by atoms with van der Waals surface area (Å²) in [6.07, 6.45) is 1.76. The van der Waals surface area contributed by atoms with Gasteiger partial charge in [0.2, 0.25) is 0 Å². The molecule has 2 aliphatic heterocycles. The van der Waals surface area contributed by atoms with Crippen LogP contribution in [0.2, 0.25) is 0 Å². The molecule has 0 unspecified atom stereocenters. The molecule has 2 aromatic heterocycles. The predicted molar refractivity (Wildman–Crippen MR) is 172 cm³/mol. The minimum atomic E-state index is -0.237. The molecule has 1 N–H and O–H groups in total. The summed E-state index contributed by atoms with van der Waals surface area (Å²) in [5, 5.41) is 13.1. The normalized spacial score (nSPS) is 14.7. The van der Waals surface area contributed by atoms with Gasteiger partial charge < -0.3 is 5.32 Å². The average molecular weight is 622 g/mol. The smallest absolute Gasteiger partial charge is 0.284 e. The number of benzene rings is 2. The maximum absolute atomic E-state index is 13.4. The Bertz CT molecular complexity index is 1710. The summed E-state index contributed by atoms with van der Waals surface area (Å²) in [6.45, 7) is 14.8. The van der Waals surface area contributed by atoms with Crippen molar-refractivity contribution in [2.45, 2.75) is 46.2 Å². The van der Waals surface area contributed by atoms with Crippen molar-refractivity contribution in [1.82, 2.24) is 19.8 Å². The van der Waals surface area contributed by atoms with Crippen molar-refractivity contribution in [3.63, 3.8) is 0 Å². The van der Waals surface area contributed by atoms with Crippen LogP contribution in [-0.4, -0.2) is 57.8 Å². The topological polar surface area (TPSA) is 107 Å². The van der Waals surface area contributed by atoms with E-state index in [0.717, 1.165) is 80.6 Å². The first-order valence-electron chi connectivity index (χ1n) is 14.5. The van der Waals surface area contributed by atoms with E-state index in [2.05, 4.69) is 36.0 Å². The van der Waals surface area contributed by atoms with Crippen molar-refractivity contribution < 1.29 is 9.59 Å². The van der Waals surface area contributed by atoms with Crippen LogP contribution in [0.1, 0.15) is 57.4 Å². The van der Waals surface area contributed by atoms with Gasteiger partial charge in [-0.3, -0.25) is 19.3 Å². The highest BCUT2D eigenvalue weighted by Gasteiger charge is 2.26. The number of amides is 1. The quantitative estimate of drug-likeness (QED) is 0.153. The number of fused-ring (bicyclic) bond motifs is 2. The predicted octanol–water partition coefficient (Wildman–Crippen LogP) is 5.68. The third-order valence-corrected chi connectivity index (χ3v) is 10.5. The summed E-state index contributed by atoms with van der Waals surface area (Å²) in [6, 6.07) is 14.1. The van der Waals surface area contributed by atoms with Crippen LogP contribution in [0.5, 0.6) is 0 Å². The van der Waals surface area contributed by atoms with E-state index < -0.39 is 0 Å². The summed E-state index contributed by atoms with van der Waals surface area (Å²) in [5.74, 6) is -0.239. The van der Waals surface area contributed by atoms with Gasteiger partial charge in [-0.05, 0) is 47.7 Å². The second kappa shape index (κ2) is 12.8. The van der Waals surface area contributed by atoms with Crippen LogP contribution in [0, 0.1) is 31.8 Å². The SMILES string of the molecule is [C-]#[N+]CN1CCc2nc(C(=O)Nc3cccc(-c4cccc(CC(=O)c5nc6c(s5)CN(CC#N)CC6)c4C)c3C)sc2C1. The Labute approximate surface area is 264 Å². The largest absolute Gasteiger partial charge is 0.320 e. The van der Waals surface area contributed by atoms with Crippen LogP contribution in [-0.2, 0) is 32.4 Å². The molecule has 1 amide bonds. The molecule has 0 saturated heterocycles. The van der Waals surface area contributed by atoms with Gasteiger partial charge in [-0.15, -0.1) is 22.7 Å². The van der Waals surface area contributed by atoms with E-state index in [1.807, 2.05) is 50.2 Å². The molecule has 44 heavy (non-hydrogen) atoms. The van der Waals surface area contributed by atoms with E-state index in [1.54, 1.807) is 0 Å². The molecule has 0 spiro atoms. The van der Waals surface area contributed by atoms with Crippen molar-refractivity contribution in [3.05, 3.63) is 95.7 Å². The van der Waals surface area contributed by atoms with Gasteiger partial charge in [0.25, 0.3) is 12.6 Å². The van der Waals surface area contributed by atoms with Crippen molar-refractivity contribution in [1.29, 1.82) is 5.26 Å². The van der Waals surface area contributed by atoms with Crippen LogP contribution in [0.15, 0.2) is 36.4 Å². The Kier molecular flexibility index (Phi) is 8.65. The van der Waals surface area contributed by atoms with Crippen molar-refractivity contribution in [3.8, 4) is 17.2 Å². The van der Waals surface area contributed by atoms with Gasteiger partial charge in [-0.2, -0.15) is 5.26 Å². The zero-order chi connectivity index (χ0) is 30.8. The van der Waals surface area contributed by atoms with Gasteiger partial charge in [0, 0.05) is 60.9 Å². The molecule has 0 saturated carbocycles. The maximum atomic E-state index is 13.4. The van der Waals surface area contributed by atoms with Crippen molar-refractivity contribution in [2.75, 3.05) is 31.6 Å². The lowest BCUT2D eigenvalue weighted by Crippen LogP contribution is -2.30. The number of nitrogens with one attached hydrogen (secondary N) is 1. The minimum Gasteiger partial charge on any atom is -0.320 e. The number of thiazole rings is 2. The first kappa shape index (κ1) is 29.8. The molecule has 4 aromatic rings. The summed E-state index contributed by atoms with van der Waals surface area (Å²) in [5.41, 5.74) is 7.55. The summed E-state index contributed by atoms with van der Waals surface area (Å²) < 4.78 is 0.